The molecule has 0 atom stereocenters. The van der Waals surface area contributed by atoms with Crippen LogP contribution in [0.5, 0.6) is 0 Å². The molecule has 0 spiro atoms. The van der Waals surface area contributed by atoms with E-state index in [1.165, 1.54) is 4.31 Å². The van der Waals surface area contributed by atoms with Crippen LogP contribution >= 0.6 is 12.8 Å². The maximum Gasteiger partial charge on any atom is 0.339 e. The van der Waals surface area contributed by atoms with Gasteiger partial charge in [-0.15, -0.1) is 0 Å². The number of nitrogens with zero attached hydrogens (tertiary/aromatic N) is 2. The van der Waals surface area contributed by atoms with Gasteiger partial charge in [0.2, 0.25) is 0 Å². The molecule has 1 aliphatic rings. The molecule has 14 heavy (non-hydrogen) atoms. The molecule has 2 amide bonds. The van der Waals surface area contributed by atoms with Crippen molar-refractivity contribution >= 4 is 29.1 Å². The van der Waals surface area contributed by atoms with Gasteiger partial charge in [-0.05, 0) is 25.7 Å². The third kappa shape index (κ3) is 2.31. The van der Waals surface area contributed by atoms with Gasteiger partial charge in [-0.25, -0.2) is 4.79 Å². The van der Waals surface area contributed by atoms with Gasteiger partial charge in [0.1, 0.15) is 0 Å². The first-order valence-electron chi connectivity index (χ1n) is 4.25. The zero-order valence-electron chi connectivity index (χ0n) is 7.59. The summed E-state index contributed by atoms with van der Waals surface area (Å²) < 4.78 is 24.7. The molecule has 6 nitrogen and oxygen atoms in total. The minimum atomic E-state index is -3.80. The van der Waals surface area contributed by atoms with E-state index in [1.807, 2.05) is 0 Å². The van der Waals surface area contributed by atoms with E-state index in [0.717, 1.165) is 19.3 Å². The number of urea groups is 1. The van der Waals surface area contributed by atoms with Crippen molar-refractivity contribution in [3.8, 4) is 0 Å². The minimum Gasteiger partial charge on any atom is -0.350 e. The molecular formula is C6H13N3O3S2. The molecule has 0 aromatic heterocycles. The molecule has 2 N–H and O–H groups in total. The van der Waals surface area contributed by atoms with Crippen LogP contribution in [0.2, 0.25) is 0 Å². The molecule has 82 valence electrons. The Balaban J connectivity index is 2.78. The van der Waals surface area contributed by atoms with Gasteiger partial charge < -0.3 is 5.73 Å². The lowest BCUT2D eigenvalue weighted by Gasteiger charge is -2.28. The van der Waals surface area contributed by atoms with Gasteiger partial charge in [0.05, 0.1) is 0 Å². The number of amides is 2. The predicted molar refractivity (Wildman–Crippen MR) is 54.8 cm³/mol. The first-order valence-corrected chi connectivity index (χ1v) is 6.04. The highest BCUT2D eigenvalue weighted by Crippen LogP contribution is 2.17. The van der Waals surface area contributed by atoms with Gasteiger partial charge in [-0.3, -0.25) is 0 Å². The van der Waals surface area contributed by atoms with E-state index in [0.29, 0.717) is 13.1 Å². The number of hydrogen-bond acceptors (Lipinski definition) is 4. The number of nitrogens with two attached hydrogens (primary N) is 1. The van der Waals surface area contributed by atoms with Crippen molar-refractivity contribution in [2.24, 2.45) is 5.73 Å². The maximum absolute atomic E-state index is 11.6. The van der Waals surface area contributed by atoms with Gasteiger partial charge in [-0.1, -0.05) is 6.42 Å². The first kappa shape index (κ1) is 11.6. The molecule has 0 bridgehead atoms. The highest BCUT2D eigenvalue weighted by molar-refractivity contribution is 7.99. The van der Waals surface area contributed by atoms with Crippen LogP contribution in [-0.2, 0) is 10.2 Å². The molecular weight excluding hydrogens is 226 g/mol. The Labute approximate surface area is 88.8 Å². The molecule has 0 aliphatic carbocycles. The van der Waals surface area contributed by atoms with Crippen molar-refractivity contribution in [3.05, 3.63) is 0 Å². The van der Waals surface area contributed by atoms with Crippen molar-refractivity contribution in [3.63, 3.8) is 0 Å². The Morgan fingerprint density at radius 3 is 2.21 bits per heavy atom. The Bertz CT molecular complexity index is 310. The highest BCUT2D eigenvalue weighted by atomic mass is 32.3. The van der Waals surface area contributed by atoms with Gasteiger partial charge in [0.15, 0.2) is 0 Å². The van der Waals surface area contributed by atoms with Gasteiger partial charge in [0.25, 0.3) is 0 Å². The second-order valence-corrected chi connectivity index (χ2v) is 5.50. The number of hydrogen-bond donors (Lipinski definition) is 2. The Kier molecular flexibility index (Phi) is 3.62. The van der Waals surface area contributed by atoms with Crippen LogP contribution in [0.15, 0.2) is 0 Å². The van der Waals surface area contributed by atoms with E-state index in [2.05, 4.69) is 12.8 Å². The number of piperidine rings is 1. The van der Waals surface area contributed by atoms with Crippen LogP contribution in [0, 0.1) is 0 Å². The van der Waals surface area contributed by atoms with Crippen molar-refractivity contribution in [1.29, 1.82) is 0 Å². The lowest BCUT2D eigenvalue weighted by atomic mass is 10.2. The molecule has 1 rings (SSSR count). The molecule has 1 heterocycles. The fraction of sp³-hybridized carbons (Fsp3) is 0.833. The molecule has 1 aliphatic heterocycles. The van der Waals surface area contributed by atoms with Crippen molar-refractivity contribution in [1.82, 2.24) is 8.02 Å². The monoisotopic (exact) mass is 239 g/mol. The first-order chi connectivity index (χ1) is 6.46. The molecule has 8 heteroatoms. The zero-order valence-corrected chi connectivity index (χ0v) is 9.30. The van der Waals surface area contributed by atoms with Crippen LogP contribution in [0.1, 0.15) is 19.3 Å². The lowest BCUT2D eigenvalue weighted by Crippen LogP contribution is -2.46. The SMILES string of the molecule is NC(=O)N(S)S(=O)(=O)N1CCCCC1. The average molecular weight is 239 g/mol. The van der Waals surface area contributed by atoms with E-state index in [-0.39, 0.29) is 3.71 Å². The fourth-order valence-corrected chi connectivity index (χ4v) is 2.79. The molecule has 0 aromatic rings. The number of primary amides is 1. The van der Waals surface area contributed by atoms with Crippen LogP contribution in [0.4, 0.5) is 4.79 Å². The summed E-state index contributed by atoms with van der Waals surface area (Å²) in [6.07, 6.45) is 2.62. The Hall–Kier alpha value is -0.470. The van der Waals surface area contributed by atoms with Crippen LogP contribution in [0.25, 0.3) is 0 Å². The average Bonchev–Trinajstić information content (AvgIpc) is 2.18. The van der Waals surface area contributed by atoms with Crippen molar-refractivity contribution in [2.45, 2.75) is 19.3 Å². The molecule has 0 radical (unpaired) electrons. The summed E-state index contributed by atoms with van der Waals surface area (Å²) in [6, 6.07) is -1.08. The summed E-state index contributed by atoms with van der Waals surface area (Å²) >= 11 is 3.54. The number of thiol groups is 1. The van der Waals surface area contributed by atoms with E-state index < -0.39 is 16.2 Å². The van der Waals surface area contributed by atoms with E-state index in [4.69, 9.17) is 5.73 Å². The van der Waals surface area contributed by atoms with Crippen LogP contribution in [-0.4, -0.2) is 35.6 Å². The third-order valence-corrected chi connectivity index (χ3v) is 4.50. The van der Waals surface area contributed by atoms with Gasteiger partial charge in [-0.2, -0.15) is 16.4 Å². The van der Waals surface area contributed by atoms with Gasteiger partial charge in [0, 0.05) is 13.1 Å². The van der Waals surface area contributed by atoms with Gasteiger partial charge >= 0.3 is 16.2 Å². The predicted octanol–water partition coefficient (Wildman–Crippen LogP) is -0.0574. The van der Waals surface area contributed by atoms with E-state index >= 15 is 0 Å². The highest BCUT2D eigenvalue weighted by Gasteiger charge is 2.30. The van der Waals surface area contributed by atoms with Crippen LogP contribution in [0.3, 0.4) is 0 Å². The summed E-state index contributed by atoms with van der Waals surface area (Å²) in [7, 11) is -3.80. The Morgan fingerprint density at radius 1 is 1.29 bits per heavy atom. The topological polar surface area (TPSA) is 83.7 Å². The van der Waals surface area contributed by atoms with E-state index in [9.17, 15) is 13.2 Å². The molecule has 0 unspecified atom stereocenters. The molecule has 1 saturated heterocycles. The Morgan fingerprint density at radius 2 is 1.79 bits per heavy atom. The van der Waals surface area contributed by atoms with E-state index in [1.54, 1.807) is 0 Å². The summed E-state index contributed by atoms with van der Waals surface area (Å²) in [5.41, 5.74) is 4.83. The number of carbonyl (C=O) groups is 1. The molecule has 1 fully saturated rings. The maximum atomic E-state index is 11.6. The standard InChI is InChI=1S/C6H13N3O3S2/c7-6(10)9(13)14(11,12)8-4-2-1-3-5-8/h13H,1-5H2,(H2,7,10). The van der Waals surface area contributed by atoms with Crippen molar-refractivity contribution in [2.75, 3.05) is 13.1 Å². The van der Waals surface area contributed by atoms with Crippen molar-refractivity contribution < 1.29 is 13.2 Å². The molecule has 0 saturated carbocycles. The number of rotatable bonds is 2. The summed E-state index contributed by atoms with van der Waals surface area (Å²) in [6.45, 7) is 0.847. The second-order valence-electron chi connectivity index (χ2n) is 3.05. The quantitative estimate of drug-likeness (QED) is 0.662. The zero-order chi connectivity index (χ0) is 10.8. The normalized spacial score (nSPS) is 19.2. The molecule has 0 aromatic carbocycles. The van der Waals surface area contributed by atoms with Crippen LogP contribution < -0.4 is 5.73 Å². The second kappa shape index (κ2) is 4.37. The summed E-state index contributed by atoms with van der Waals surface area (Å²) in [5.74, 6) is 0. The fourth-order valence-electron chi connectivity index (χ4n) is 1.32. The third-order valence-electron chi connectivity index (χ3n) is 2.05. The largest absolute Gasteiger partial charge is 0.350 e. The lowest BCUT2D eigenvalue weighted by molar-refractivity contribution is 0.243. The summed E-state index contributed by atoms with van der Waals surface area (Å²) in [5, 5.41) is 0. The summed E-state index contributed by atoms with van der Waals surface area (Å²) in [4.78, 5) is 10.7. The number of carbonyl (C=O) groups excluding carboxylic acids is 1. The minimum absolute atomic E-state index is 0.276. The smallest absolute Gasteiger partial charge is 0.339 e.